The molecule has 6 heteroatoms. The normalized spacial score (nSPS) is 16.4. The maximum absolute atomic E-state index is 12.9. The van der Waals surface area contributed by atoms with Gasteiger partial charge in [0.15, 0.2) is 0 Å². The zero-order chi connectivity index (χ0) is 16.1. The lowest BCUT2D eigenvalue weighted by Crippen LogP contribution is -2.39. The van der Waals surface area contributed by atoms with Crippen molar-refractivity contribution >= 4 is 17.5 Å². The van der Waals surface area contributed by atoms with Crippen molar-refractivity contribution in [2.24, 2.45) is 5.73 Å². The molecule has 0 aliphatic carbocycles. The fourth-order valence-electron chi connectivity index (χ4n) is 2.43. The first kappa shape index (κ1) is 16.0. The molecule has 22 heavy (non-hydrogen) atoms. The molecular weight excluding hydrogens is 285 g/mol. The lowest BCUT2D eigenvalue weighted by atomic mass is 10.1. The lowest BCUT2D eigenvalue weighted by molar-refractivity contribution is -0.125. The van der Waals surface area contributed by atoms with Crippen LogP contribution >= 0.6 is 0 Å². The molecule has 2 N–H and O–H groups in total. The first-order chi connectivity index (χ1) is 10.5. The standard InChI is InChI=1S/C16H20FN3O2/c1-12(13-3-5-14(17)6-4-13)11-15(21)19-7-2-8-20(10-9-19)16(18)22/h3-6,11H,2,7-10H2,1H3,(H2,18,22)/b12-11-. The molecule has 2 rings (SSSR count). The van der Waals surface area contributed by atoms with Crippen LogP contribution < -0.4 is 5.73 Å². The molecule has 0 radical (unpaired) electrons. The molecule has 1 aromatic carbocycles. The van der Waals surface area contributed by atoms with Crippen molar-refractivity contribution in [3.05, 3.63) is 41.7 Å². The van der Waals surface area contributed by atoms with Crippen molar-refractivity contribution in [3.63, 3.8) is 0 Å². The average Bonchev–Trinajstić information content (AvgIpc) is 2.73. The number of halogens is 1. The first-order valence-electron chi connectivity index (χ1n) is 7.25. The number of carbonyl (C=O) groups excluding carboxylic acids is 2. The molecule has 1 aliphatic heterocycles. The highest BCUT2D eigenvalue weighted by Crippen LogP contribution is 2.15. The molecule has 0 unspecified atom stereocenters. The highest BCUT2D eigenvalue weighted by atomic mass is 19.1. The van der Waals surface area contributed by atoms with Gasteiger partial charge >= 0.3 is 6.03 Å². The summed E-state index contributed by atoms with van der Waals surface area (Å²) in [6, 6.07) is 5.58. The summed E-state index contributed by atoms with van der Waals surface area (Å²) in [5.41, 5.74) is 6.86. The van der Waals surface area contributed by atoms with Crippen LogP contribution in [0.25, 0.3) is 5.57 Å². The summed E-state index contributed by atoms with van der Waals surface area (Å²) in [5, 5.41) is 0. The quantitative estimate of drug-likeness (QED) is 0.847. The highest BCUT2D eigenvalue weighted by molar-refractivity contribution is 5.94. The van der Waals surface area contributed by atoms with Gasteiger partial charge in [0.2, 0.25) is 5.91 Å². The van der Waals surface area contributed by atoms with Crippen molar-refractivity contribution in [2.45, 2.75) is 13.3 Å². The van der Waals surface area contributed by atoms with Gasteiger partial charge < -0.3 is 15.5 Å². The zero-order valence-corrected chi connectivity index (χ0v) is 12.6. The molecule has 1 heterocycles. The third-order valence-corrected chi connectivity index (χ3v) is 3.76. The summed E-state index contributed by atoms with van der Waals surface area (Å²) in [6.07, 6.45) is 2.26. The van der Waals surface area contributed by atoms with E-state index in [1.165, 1.54) is 12.1 Å². The Balaban J connectivity index is 2.03. The summed E-state index contributed by atoms with van der Waals surface area (Å²) < 4.78 is 12.9. The van der Waals surface area contributed by atoms with Gasteiger partial charge in [0.1, 0.15) is 5.82 Å². The van der Waals surface area contributed by atoms with Gasteiger partial charge in [-0.15, -0.1) is 0 Å². The Labute approximate surface area is 129 Å². The number of rotatable bonds is 2. The van der Waals surface area contributed by atoms with Crippen LogP contribution in [0.1, 0.15) is 18.9 Å². The second-order valence-corrected chi connectivity index (χ2v) is 5.34. The number of primary amides is 1. The predicted octanol–water partition coefficient (Wildman–Crippen LogP) is 1.84. The summed E-state index contributed by atoms with van der Waals surface area (Å²) >= 11 is 0. The van der Waals surface area contributed by atoms with E-state index in [2.05, 4.69) is 0 Å². The monoisotopic (exact) mass is 305 g/mol. The number of nitrogens with zero attached hydrogens (tertiary/aromatic N) is 2. The van der Waals surface area contributed by atoms with E-state index in [4.69, 9.17) is 5.73 Å². The van der Waals surface area contributed by atoms with E-state index in [1.807, 2.05) is 6.92 Å². The summed E-state index contributed by atoms with van der Waals surface area (Å²) in [7, 11) is 0. The smallest absolute Gasteiger partial charge is 0.314 e. The second kappa shape index (κ2) is 7.06. The maximum Gasteiger partial charge on any atom is 0.314 e. The van der Waals surface area contributed by atoms with E-state index >= 15 is 0 Å². The van der Waals surface area contributed by atoms with Crippen LogP contribution in [0.2, 0.25) is 0 Å². The van der Waals surface area contributed by atoms with Crippen LogP contribution in [0, 0.1) is 5.82 Å². The van der Waals surface area contributed by atoms with E-state index in [0.29, 0.717) is 32.6 Å². The molecule has 1 aliphatic rings. The molecule has 3 amide bonds. The molecule has 5 nitrogen and oxygen atoms in total. The fourth-order valence-corrected chi connectivity index (χ4v) is 2.43. The largest absolute Gasteiger partial charge is 0.351 e. The van der Waals surface area contributed by atoms with Crippen LogP contribution in [0.4, 0.5) is 9.18 Å². The van der Waals surface area contributed by atoms with Gasteiger partial charge in [0.05, 0.1) is 0 Å². The number of urea groups is 1. The van der Waals surface area contributed by atoms with Crippen molar-refractivity contribution in [2.75, 3.05) is 26.2 Å². The minimum atomic E-state index is -0.452. The third kappa shape index (κ3) is 4.07. The Bertz CT molecular complexity index is 584. The molecular formula is C16H20FN3O2. The van der Waals surface area contributed by atoms with Crippen LogP contribution in [0.3, 0.4) is 0 Å². The van der Waals surface area contributed by atoms with Crippen molar-refractivity contribution in [1.29, 1.82) is 0 Å². The Morgan fingerprint density at radius 1 is 1.09 bits per heavy atom. The SMILES string of the molecule is C/C(=C/C(=O)N1CCCN(C(N)=O)CC1)c1ccc(F)cc1. The van der Waals surface area contributed by atoms with Gasteiger partial charge in [-0.25, -0.2) is 9.18 Å². The Morgan fingerprint density at radius 3 is 2.32 bits per heavy atom. The van der Waals surface area contributed by atoms with Gasteiger partial charge in [-0.2, -0.15) is 0 Å². The van der Waals surface area contributed by atoms with Crippen LogP contribution in [-0.2, 0) is 4.79 Å². The molecule has 0 bridgehead atoms. The number of carbonyl (C=O) groups is 2. The third-order valence-electron chi connectivity index (χ3n) is 3.76. The van der Waals surface area contributed by atoms with Gasteiger partial charge in [0.25, 0.3) is 0 Å². The number of allylic oxidation sites excluding steroid dienone is 1. The lowest BCUT2D eigenvalue weighted by Gasteiger charge is -2.20. The molecule has 0 atom stereocenters. The van der Waals surface area contributed by atoms with Crippen molar-refractivity contribution in [1.82, 2.24) is 9.80 Å². The van der Waals surface area contributed by atoms with E-state index in [9.17, 15) is 14.0 Å². The topological polar surface area (TPSA) is 66.6 Å². The minimum absolute atomic E-state index is 0.104. The van der Waals surface area contributed by atoms with E-state index < -0.39 is 6.03 Å². The molecule has 1 saturated heterocycles. The Hall–Kier alpha value is -2.37. The van der Waals surface area contributed by atoms with Gasteiger partial charge in [-0.3, -0.25) is 4.79 Å². The minimum Gasteiger partial charge on any atom is -0.351 e. The molecule has 0 saturated carbocycles. The summed E-state index contributed by atoms with van der Waals surface area (Å²) in [4.78, 5) is 26.7. The summed E-state index contributed by atoms with van der Waals surface area (Å²) in [6.45, 7) is 3.90. The molecule has 1 fully saturated rings. The number of hydrogen-bond acceptors (Lipinski definition) is 2. The predicted molar refractivity (Wildman–Crippen MR) is 82.4 cm³/mol. The van der Waals surface area contributed by atoms with Gasteiger partial charge in [0, 0.05) is 32.3 Å². The van der Waals surface area contributed by atoms with Crippen LogP contribution in [0.5, 0.6) is 0 Å². The molecule has 0 aromatic heterocycles. The average molecular weight is 305 g/mol. The van der Waals surface area contributed by atoms with Gasteiger partial charge in [-0.1, -0.05) is 12.1 Å². The molecule has 1 aromatic rings. The number of hydrogen-bond donors (Lipinski definition) is 1. The number of nitrogens with two attached hydrogens (primary N) is 1. The molecule has 118 valence electrons. The van der Waals surface area contributed by atoms with Crippen molar-refractivity contribution < 1.29 is 14.0 Å². The molecule has 0 spiro atoms. The van der Waals surface area contributed by atoms with Gasteiger partial charge in [-0.05, 0) is 36.6 Å². The first-order valence-corrected chi connectivity index (χ1v) is 7.25. The van der Waals surface area contributed by atoms with E-state index in [0.717, 1.165) is 11.1 Å². The fraction of sp³-hybridized carbons (Fsp3) is 0.375. The summed E-state index contributed by atoms with van der Waals surface area (Å²) in [5.74, 6) is -0.407. The van der Waals surface area contributed by atoms with Crippen LogP contribution in [-0.4, -0.2) is 47.9 Å². The highest BCUT2D eigenvalue weighted by Gasteiger charge is 2.19. The number of amides is 3. The van der Waals surface area contributed by atoms with Crippen LogP contribution in [0.15, 0.2) is 30.3 Å². The van der Waals surface area contributed by atoms with Crippen molar-refractivity contribution in [3.8, 4) is 0 Å². The number of benzene rings is 1. The second-order valence-electron chi connectivity index (χ2n) is 5.34. The Kier molecular flexibility index (Phi) is 5.14. The Morgan fingerprint density at radius 2 is 1.68 bits per heavy atom. The maximum atomic E-state index is 12.9. The zero-order valence-electron chi connectivity index (χ0n) is 12.6. The van der Waals surface area contributed by atoms with E-state index in [1.54, 1.807) is 28.0 Å². The van der Waals surface area contributed by atoms with E-state index in [-0.39, 0.29) is 11.7 Å².